The van der Waals surface area contributed by atoms with Gasteiger partial charge in [0.2, 0.25) is 11.6 Å². The van der Waals surface area contributed by atoms with E-state index in [1.807, 2.05) is 32.8 Å². The molecule has 2 amide bonds. The van der Waals surface area contributed by atoms with Gasteiger partial charge in [-0.15, -0.1) is 0 Å². The summed E-state index contributed by atoms with van der Waals surface area (Å²) in [7, 11) is 6.74. The molecule has 0 fully saturated rings. The molecule has 0 unspecified atom stereocenters. The minimum absolute atomic E-state index is 0.114. The highest BCUT2D eigenvalue weighted by Crippen LogP contribution is 2.28. The lowest BCUT2D eigenvalue weighted by atomic mass is 9.85. The van der Waals surface area contributed by atoms with Gasteiger partial charge < -0.3 is 40.6 Å². The molecule has 12 nitrogen and oxygen atoms in total. The van der Waals surface area contributed by atoms with E-state index in [2.05, 4.69) is 10.6 Å². The minimum Gasteiger partial charge on any atom is -0.439 e. The summed E-state index contributed by atoms with van der Waals surface area (Å²) in [6, 6.07) is 0. The molecule has 0 spiro atoms. The molecule has 0 aromatic carbocycles. The molecule has 0 saturated carbocycles. The van der Waals surface area contributed by atoms with E-state index in [4.69, 9.17) is 19.9 Å². The van der Waals surface area contributed by atoms with Crippen molar-refractivity contribution in [2.24, 2.45) is 17.6 Å². The van der Waals surface area contributed by atoms with Gasteiger partial charge in [0.05, 0.1) is 23.6 Å². The fraction of sp³-hybridized carbons (Fsp3) is 0.562. The second kappa shape index (κ2) is 17.0. The topological polar surface area (TPSA) is 170 Å². The van der Waals surface area contributed by atoms with E-state index in [1.54, 1.807) is 32.1 Å². The number of fused-ring (bicyclic) bond motifs is 2. The Labute approximate surface area is 260 Å². The van der Waals surface area contributed by atoms with Gasteiger partial charge in [0.1, 0.15) is 6.10 Å². The number of methoxy groups -OCH3 is 2. The van der Waals surface area contributed by atoms with Gasteiger partial charge in [-0.1, -0.05) is 38.2 Å². The monoisotopic (exact) mass is 616 g/mol. The zero-order chi connectivity index (χ0) is 33.1. The van der Waals surface area contributed by atoms with E-state index in [0.29, 0.717) is 25.1 Å². The van der Waals surface area contributed by atoms with Crippen LogP contribution in [0.4, 0.5) is 4.79 Å². The first-order valence-corrected chi connectivity index (χ1v) is 14.7. The Morgan fingerprint density at radius 2 is 1.84 bits per heavy atom. The molecule has 1 aliphatic carbocycles. The summed E-state index contributed by atoms with van der Waals surface area (Å²) in [4.78, 5) is 53.7. The van der Waals surface area contributed by atoms with Gasteiger partial charge in [-0.3, -0.25) is 14.4 Å². The van der Waals surface area contributed by atoms with Crippen LogP contribution in [0, 0.1) is 11.8 Å². The molecule has 5 N–H and O–H groups in total. The van der Waals surface area contributed by atoms with Crippen LogP contribution in [0.5, 0.6) is 0 Å². The summed E-state index contributed by atoms with van der Waals surface area (Å²) < 4.78 is 16.6. The third-order valence-electron chi connectivity index (χ3n) is 7.65. The standard InChI is InChI=1S/C32H48N4O8/c1-18-14-22-27(34-12-13-36(5)6)24(37)17-23(29(22)39)35-31(40)19(2)10-9-11-25(42-7)30(44-32(33)41)21(4)16-20(3)28(38)26(15-18)43-8/h9-11,16-18,20,25-26,28,30,34,38H,12-15H2,1-8H3,(H2,33,41)(H,35,40)/b11-9-,19-10-,21-16-/t18-,20+,25+,26+,28-,30+/m1/s1. The van der Waals surface area contributed by atoms with Crippen molar-refractivity contribution in [3.05, 3.63) is 58.5 Å². The summed E-state index contributed by atoms with van der Waals surface area (Å²) in [5, 5.41) is 17.0. The Hall–Kier alpha value is -3.58. The van der Waals surface area contributed by atoms with E-state index >= 15 is 0 Å². The van der Waals surface area contributed by atoms with Crippen molar-refractivity contribution >= 4 is 23.6 Å². The molecule has 0 radical (unpaired) electrons. The highest BCUT2D eigenvalue weighted by Gasteiger charge is 2.33. The van der Waals surface area contributed by atoms with E-state index in [0.717, 1.165) is 6.08 Å². The Morgan fingerprint density at radius 3 is 2.43 bits per heavy atom. The molecule has 0 aromatic rings. The number of nitrogens with zero attached hydrogens (tertiary/aromatic N) is 1. The van der Waals surface area contributed by atoms with Gasteiger partial charge >= 0.3 is 6.09 Å². The molecular formula is C32H48N4O8. The number of likely N-dealkylation sites (N-methyl/N-ethyl adjacent to an activating group) is 1. The number of hydrogen-bond acceptors (Lipinski definition) is 10. The van der Waals surface area contributed by atoms with Gasteiger partial charge in [-0.2, -0.15) is 0 Å². The molecule has 12 heteroatoms. The molecule has 2 aliphatic rings. The largest absolute Gasteiger partial charge is 0.439 e. The molecule has 1 heterocycles. The van der Waals surface area contributed by atoms with Crippen LogP contribution >= 0.6 is 0 Å². The van der Waals surface area contributed by atoms with Crippen LogP contribution in [-0.2, 0) is 28.6 Å². The molecule has 244 valence electrons. The molecular weight excluding hydrogens is 568 g/mol. The second-order valence-corrected chi connectivity index (χ2v) is 11.7. The maximum atomic E-state index is 13.7. The Balaban J connectivity index is 2.60. The van der Waals surface area contributed by atoms with Crippen LogP contribution in [0.1, 0.15) is 40.5 Å². The second-order valence-electron chi connectivity index (χ2n) is 11.7. The summed E-state index contributed by atoms with van der Waals surface area (Å²) in [5.74, 6) is -2.06. The predicted molar refractivity (Wildman–Crippen MR) is 166 cm³/mol. The van der Waals surface area contributed by atoms with Gasteiger partial charge in [0.25, 0.3) is 5.91 Å². The Morgan fingerprint density at radius 1 is 1.16 bits per heavy atom. The maximum absolute atomic E-state index is 13.7. The molecule has 2 bridgehead atoms. The van der Waals surface area contributed by atoms with Crippen molar-refractivity contribution in [2.75, 3.05) is 41.4 Å². The van der Waals surface area contributed by atoms with Crippen LogP contribution in [-0.4, -0.2) is 99.4 Å². The van der Waals surface area contributed by atoms with Gasteiger partial charge in [-0.25, -0.2) is 4.79 Å². The van der Waals surface area contributed by atoms with Gasteiger partial charge in [0, 0.05) is 50.4 Å². The van der Waals surface area contributed by atoms with Crippen LogP contribution in [0.15, 0.2) is 58.5 Å². The fourth-order valence-electron chi connectivity index (χ4n) is 5.18. The number of nitrogens with two attached hydrogens (primary N) is 1. The number of ether oxygens (including phenoxy) is 3. The van der Waals surface area contributed by atoms with Gasteiger partial charge in [0.15, 0.2) is 6.10 Å². The molecule has 0 aromatic heterocycles. The smallest absolute Gasteiger partial charge is 0.405 e. The average Bonchev–Trinajstić information content (AvgIpc) is 2.95. The van der Waals surface area contributed by atoms with Crippen molar-refractivity contribution in [1.29, 1.82) is 0 Å². The normalized spacial score (nSPS) is 31.0. The van der Waals surface area contributed by atoms with Crippen LogP contribution in [0.2, 0.25) is 0 Å². The number of Topliss-reactive ketones (excluding diaryl/α,β-unsaturated/α-hetero) is 1. The molecule has 2 rings (SSSR count). The lowest BCUT2D eigenvalue weighted by molar-refractivity contribution is -0.120. The van der Waals surface area contributed by atoms with E-state index in [9.17, 15) is 24.3 Å². The van der Waals surface area contributed by atoms with Crippen molar-refractivity contribution in [2.45, 2.75) is 65.0 Å². The van der Waals surface area contributed by atoms with Crippen molar-refractivity contribution in [1.82, 2.24) is 15.5 Å². The minimum atomic E-state index is -0.997. The Bertz CT molecular complexity index is 1230. The first-order valence-electron chi connectivity index (χ1n) is 14.7. The number of aliphatic hydroxyl groups excluding tert-OH is 1. The van der Waals surface area contributed by atoms with Gasteiger partial charge in [-0.05, 0) is 52.3 Å². The van der Waals surface area contributed by atoms with Crippen LogP contribution < -0.4 is 16.4 Å². The number of carbonyl (C=O) groups is 4. The SMILES string of the molecule is CO[C@H]1/C=C\C=C(\C)C(=O)NC2=CC(=O)C(NCCN(C)C)=C(C[C@@H](C)C[C@H](OC)[C@H](O)[C@@H](C)/C=C(/C)[C@@H]1OC(N)=O)C2=O. The molecule has 44 heavy (non-hydrogen) atoms. The van der Waals surface area contributed by atoms with Crippen molar-refractivity contribution in [3.8, 4) is 0 Å². The number of nitrogens with one attached hydrogen (secondary N) is 2. The van der Waals surface area contributed by atoms with E-state index in [-0.39, 0.29) is 34.9 Å². The molecule has 1 aliphatic heterocycles. The summed E-state index contributed by atoms with van der Waals surface area (Å²) in [6.45, 7) is 8.09. The molecule has 0 saturated heterocycles. The summed E-state index contributed by atoms with van der Waals surface area (Å²) >= 11 is 0. The zero-order valence-electron chi connectivity index (χ0n) is 27.0. The zero-order valence-corrected chi connectivity index (χ0v) is 27.0. The number of primary amides is 1. The third kappa shape index (κ3) is 10.3. The van der Waals surface area contributed by atoms with Crippen molar-refractivity contribution in [3.63, 3.8) is 0 Å². The number of aliphatic hydroxyl groups is 1. The third-order valence-corrected chi connectivity index (χ3v) is 7.65. The number of amides is 2. The lowest BCUT2D eigenvalue weighted by Crippen LogP contribution is -2.38. The number of hydrogen-bond donors (Lipinski definition) is 4. The number of rotatable bonds is 7. The number of ketones is 2. The van der Waals surface area contributed by atoms with E-state index in [1.165, 1.54) is 20.3 Å². The highest BCUT2D eigenvalue weighted by molar-refractivity contribution is 6.23. The lowest BCUT2D eigenvalue weighted by Gasteiger charge is -2.30. The first kappa shape index (κ1) is 36.6. The fourth-order valence-corrected chi connectivity index (χ4v) is 5.18. The first-order chi connectivity index (χ1) is 20.7. The quantitative estimate of drug-likeness (QED) is 0.245. The summed E-state index contributed by atoms with van der Waals surface area (Å²) in [6.07, 6.45) is 3.88. The van der Waals surface area contributed by atoms with Crippen LogP contribution in [0.25, 0.3) is 0 Å². The predicted octanol–water partition coefficient (Wildman–Crippen LogP) is 1.91. The van der Waals surface area contributed by atoms with Crippen molar-refractivity contribution < 1.29 is 38.5 Å². The highest BCUT2D eigenvalue weighted by atomic mass is 16.6. The number of allylic oxidation sites excluding steroid dienone is 4. The summed E-state index contributed by atoms with van der Waals surface area (Å²) in [5.41, 5.74) is 6.55. The average molecular weight is 617 g/mol. The van der Waals surface area contributed by atoms with Crippen LogP contribution in [0.3, 0.4) is 0 Å². The Kier molecular flexibility index (Phi) is 14.2. The number of carbonyl (C=O) groups excluding carboxylic acids is 4. The molecule has 6 atom stereocenters. The maximum Gasteiger partial charge on any atom is 0.405 e. The van der Waals surface area contributed by atoms with E-state index < -0.39 is 53.9 Å².